The van der Waals surface area contributed by atoms with Crippen molar-refractivity contribution in [2.45, 2.75) is 32.2 Å². The van der Waals surface area contributed by atoms with E-state index in [1.54, 1.807) is 27.3 Å². The van der Waals surface area contributed by atoms with Crippen LogP contribution in [-0.4, -0.2) is 57.3 Å². The number of aromatic amines is 1. The number of fused-ring (bicyclic) bond motifs is 1. The Kier molecular flexibility index (Phi) is 6.38. The smallest absolute Gasteiger partial charge is 0.328 e. The van der Waals surface area contributed by atoms with Crippen LogP contribution in [0.5, 0.6) is 0 Å². The lowest BCUT2D eigenvalue weighted by Gasteiger charge is -2.34. The molecule has 182 valence electrons. The molecule has 2 aliphatic rings. The molecule has 0 spiro atoms. The third-order valence-corrected chi connectivity index (χ3v) is 7.41. The normalized spacial score (nSPS) is 15.7. The number of carbonyl (C=O) groups is 2. The number of benzene rings is 1. The van der Waals surface area contributed by atoms with Crippen LogP contribution in [0.2, 0.25) is 0 Å². The van der Waals surface area contributed by atoms with Crippen LogP contribution < -0.4 is 11.2 Å². The summed E-state index contributed by atoms with van der Waals surface area (Å²) in [6.07, 6.45) is 3.05. The minimum Gasteiger partial charge on any atom is -0.335 e. The zero-order valence-corrected chi connectivity index (χ0v) is 19.9. The van der Waals surface area contributed by atoms with Crippen LogP contribution in [0.15, 0.2) is 44.6 Å². The molecule has 1 fully saturated rings. The molecule has 2 amide bonds. The van der Waals surface area contributed by atoms with Crippen LogP contribution in [-0.2, 0) is 19.4 Å². The van der Waals surface area contributed by atoms with Crippen molar-refractivity contribution in [1.82, 2.24) is 19.4 Å². The van der Waals surface area contributed by atoms with Gasteiger partial charge in [-0.3, -0.25) is 23.9 Å². The second-order valence-electron chi connectivity index (χ2n) is 8.89. The Morgan fingerprint density at radius 1 is 0.971 bits per heavy atom. The highest BCUT2D eigenvalue weighted by molar-refractivity contribution is 7.08. The van der Waals surface area contributed by atoms with Crippen LogP contribution in [0.25, 0.3) is 0 Å². The molecule has 0 atom stereocenters. The lowest BCUT2D eigenvalue weighted by atomic mass is 9.96. The van der Waals surface area contributed by atoms with Crippen molar-refractivity contribution < 1.29 is 14.0 Å². The van der Waals surface area contributed by atoms with Crippen molar-refractivity contribution in [1.29, 1.82) is 0 Å². The van der Waals surface area contributed by atoms with E-state index in [0.717, 1.165) is 12.8 Å². The van der Waals surface area contributed by atoms with Crippen molar-refractivity contribution in [2.24, 2.45) is 0 Å². The summed E-state index contributed by atoms with van der Waals surface area (Å²) in [5.74, 6) is -1.14. The third-order valence-electron chi connectivity index (χ3n) is 6.73. The van der Waals surface area contributed by atoms with E-state index in [1.807, 2.05) is 5.38 Å². The number of nitrogens with one attached hydrogen (secondary N) is 1. The summed E-state index contributed by atoms with van der Waals surface area (Å²) in [5, 5.41) is 3.64. The van der Waals surface area contributed by atoms with Crippen LogP contribution >= 0.6 is 11.3 Å². The summed E-state index contributed by atoms with van der Waals surface area (Å²) >= 11 is 1.45. The van der Waals surface area contributed by atoms with Gasteiger partial charge in [-0.15, -0.1) is 0 Å². The second kappa shape index (κ2) is 9.61. The first-order valence-electron chi connectivity index (χ1n) is 11.7. The van der Waals surface area contributed by atoms with E-state index >= 15 is 0 Å². The van der Waals surface area contributed by atoms with Gasteiger partial charge < -0.3 is 9.80 Å². The summed E-state index contributed by atoms with van der Waals surface area (Å²) in [6.45, 7) is 1.51. The minimum absolute atomic E-state index is 0.0635. The number of hydrogen-bond donors (Lipinski definition) is 1. The summed E-state index contributed by atoms with van der Waals surface area (Å²) in [4.78, 5) is 56.1. The Balaban J connectivity index is 1.33. The molecule has 1 aromatic carbocycles. The molecule has 8 nitrogen and oxygen atoms in total. The van der Waals surface area contributed by atoms with Crippen LogP contribution in [0.3, 0.4) is 0 Å². The van der Waals surface area contributed by atoms with Crippen LogP contribution in [0.4, 0.5) is 4.39 Å². The van der Waals surface area contributed by atoms with E-state index in [4.69, 9.17) is 0 Å². The predicted molar refractivity (Wildman–Crippen MR) is 130 cm³/mol. The van der Waals surface area contributed by atoms with Gasteiger partial charge in [-0.1, -0.05) is 6.07 Å². The number of rotatable bonds is 4. The van der Waals surface area contributed by atoms with Gasteiger partial charge in [0.1, 0.15) is 5.82 Å². The highest BCUT2D eigenvalue weighted by atomic mass is 32.1. The standard InChI is InChI=1S/C25H25FN4O4S/c26-20-6-5-16(14-30-21-4-2-1-3-18(21)22(31)27-25(30)34)13-19(20)24(33)29-10-8-28(9-11-29)23(32)17-7-12-35-15-17/h5-7,12-13,15H,1-4,8-11,14H2,(H,27,31,34). The van der Waals surface area contributed by atoms with E-state index in [9.17, 15) is 23.6 Å². The number of piperazine rings is 1. The number of carbonyl (C=O) groups excluding carboxylic acids is 2. The molecular weight excluding hydrogens is 471 g/mol. The summed E-state index contributed by atoms with van der Waals surface area (Å²) in [7, 11) is 0. The van der Waals surface area contributed by atoms with Crippen molar-refractivity contribution in [3.63, 3.8) is 0 Å². The largest absolute Gasteiger partial charge is 0.335 e. The lowest BCUT2D eigenvalue weighted by Crippen LogP contribution is -2.50. The first-order chi connectivity index (χ1) is 16.9. The Morgan fingerprint density at radius 3 is 2.40 bits per heavy atom. The summed E-state index contributed by atoms with van der Waals surface area (Å²) in [6, 6.07) is 6.04. The molecule has 3 heterocycles. The third kappa shape index (κ3) is 4.58. The zero-order valence-electron chi connectivity index (χ0n) is 19.1. The number of H-pyrrole nitrogens is 1. The van der Waals surface area contributed by atoms with Gasteiger partial charge in [-0.2, -0.15) is 11.3 Å². The highest BCUT2D eigenvalue weighted by Crippen LogP contribution is 2.20. The summed E-state index contributed by atoms with van der Waals surface area (Å²) < 4.78 is 16.2. The zero-order chi connectivity index (χ0) is 24.5. The molecule has 5 rings (SSSR count). The first-order valence-corrected chi connectivity index (χ1v) is 12.6. The maximum Gasteiger partial charge on any atom is 0.328 e. The molecule has 10 heteroatoms. The number of thiophene rings is 1. The molecule has 0 bridgehead atoms. The van der Waals surface area contributed by atoms with E-state index in [0.29, 0.717) is 61.4 Å². The average molecular weight is 497 g/mol. The van der Waals surface area contributed by atoms with Crippen LogP contribution in [0, 0.1) is 5.82 Å². The number of nitrogens with zero attached hydrogens (tertiary/aromatic N) is 3. The fourth-order valence-electron chi connectivity index (χ4n) is 4.83. The van der Waals surface area contributed by atoms with Gasteiger partial charge in [0.2, 0.25) is 0 Å². The highest BCUT2D eigenvalue weighted by Gasteiger charge is 2.27. The Hall–Kier alpha value is -3.53. The van der Waals surface area contributed by atoms with Crippen molar-refractivity contribution in [2.75, 3.05) is 26.2 Å². The van der Waals surface area contributed by atoms with Gasteiger partial charge in [0.15, 0.2) is 0 Å². The second-order valence-corrected chi connectivity index (χ2v) is 9.67. The minimum atomic E-state index is -0.633. The van der Waals surface area contributed by atoms with E-state index in [1.165, 1.54) is 28.0 Å². The van der Waals surface area contributed by atoms with Gasteiger partial charge >= 0.3 is 5.69 Å². The quantitative estimate of drug-likeness (QED) is 0.600. The van der Waals surface area contributed by atoms with E-state index in [2.05, 4.69) is 4.98 Å². The molecular formula is C25H25FN4O4S. The Labute approximate surface area is 204 Å². The van der Waals surface area contributed by atoms with Gasteiger partial charge in [-0.05, 0) is 54.8 Å². The lowest BCUT2D eigenvalue weighted by molar-refractivity contribution is 0.0533. The first kappa shape index (κ1) is 23.2. The number of amides is 2. The van der Waals surface area contributed by atoms with Crippen molar-refractivity contribution >= 4 is 23.2 Å². The van der Waals surface area contributed by atoms with Gasteiger partial charge in [0, 0.05) is 42.8 Å². The molecule has 1 N–H and O–H groups in total. The van der Waals surface area contributed by atoms with Crippen molar-refractivity contribution in [3.05, 3.63) is 89.6 Å². The fraction of sp³-hybridized carbons (Fsp3) is 0.360. The maximum atomic E-state index is 14.7. The van der Waals surface area contributed by atoms with Crippen LogP contribution in [0.1, 0.15) is 50.4 Å². The number of hydrogen-bond acceptors (Lipinski definition) is 5. The Morgan fingerprint density at radius 2 is 1.69 bits per heavy atom. The molecule has 3 aromatic rings. The molecule has 1 aliphatic carbocycles. The van der Waals surface area contributed by atoms with Gasteiger partial charge in [0.25, 0.3) is 17.4 Å². The Bertz CT molecular complexity index is 1390. The number of halogens is 1. The molecule has 0 saturated carbocycles. The molecule has 1 aliphatic heterocycles. The van der Waals surface area contributed by atoms with E-state index in [-0.39, 0.29) is 23.6 Å². The average Bonchev–Trinajstić information content (AvgIpc) is 3.42. The number of aromatic nitrogens is 2. The van der Waals surface area contributed by atoms with E-state index < -0.39 is 17.4 Å². The van der Waals surface area contributed by atoms with Crippen molar-refractivity contribution in [3.8, 4) is 0 Å². The monoisotopic (exact) mass is 496 g/mol. The van der Waals surface area contributed by atoms with Gasteiger partial charge in [0.05, 0.1) is 17.7 Å². The fourth-order valence-corrected chi connectivity index (χ4v) is 5.46. The topological polar surface area (TPSA) is 95.5 Å². The maximum absolute atomic E-state index is 14.7. The molecule has 0 radical (unpaired) electrons. The molecule has 1 saturated heterocycles. The molecule has 35 heavy (non-hydrogen) atoms. The van der Waals surface area contributed by atoms with Gasteiger partial charge in [-0.25, -0.2) is 9.18 Å². The summed E-state index contributed by atoms with van der Waals surface area (Å²) in [5.41, 5.74) is 1.67. The predicted octanol–water partition coefficient (Wildman–Crippen LogP) is 2.26. The molecule has 2 aromatic heterocycles. The molecule has 0 unspecified atom stereocenters. The SMILES string of the molecule is O=C(c1ccsc1)N1CCN(C(=O)c2cc(Cn3c4c(c(=O)[nH]c3=O)CCCC4)ccc2F)CC1.